The highest BCUT2D eigenvalue weighted by molar-refractivity contribution is 7.22. The fraction of sp³-hybridized carbons (Fsp3) is 0.441. The number of carbonyl (C=O) groups is 4. The van der Waals surface area contributed by atoms with Crippen LogP contribution < -0.4 is 15.4 Å². The zero-order chi connectivity index (χ0) is 53.2. The first-order valence-corrected chi connectivity index (χ1v) is 28.1. The van der Waals surface area contributed by atoms with Crippen LogP contribution in [0.1, 0.15) is 93.4 Å². The van der Waals surface area contributed by atoms with Crippen molar-refractivity contribution in [2.45, 2.75) is 97.8 Å². The molecule has 3 atom stereocenters. The second-order valence-electron chi connectivity index (χ2n) is 21.1. The van der Waals surface area contributed by atoms with Gasteiger partial charge in [-0.1, -0.05) is 52.0 Å². The lowest BCUT2D eigenvalue weighted by molar-refractivity contribution is -0.144. The van der Waals surface area contributed by atoms with E-state index < -0.39 is 23.6 Å². The van der Waals surface area contributed by atoms with Gasteiger partial charge in [0.1, 0.15) is 35.9 Å². The summed E-state index contributed by atoms with van der Waals surface area (Å²) in [5.74, 6) is 0.615. The van der Waals surface area contributed by atoms with Crippen LogP contribution in [0.3, 0.4) is 0 Å². The van der Waals surface area contributed by atoms with Crippen LogP contribution in [-0.4, -0.2) is 136 Å². The Labute approximate surface area is 448 Å². The highest BCUT2D eigenvalue weighted by Crippen LogP contribution is 2.42. The number of aromatic hydroxyl groups is 2. The number of aliphatic hydroxyl groups is 1. The number of hydrogen-bond donors (Lipinski definition) is 5. The van der Waals surface area contributed by atoms with Gasteiger partial charge >= 0.3 is 0 Å². The van der Waals surface area contributed by atoms with Crippen molar-refractivity contribution in [3.63, 3.8) is 0 Å². The third-order valence-corrected chi connectivity index (χ3v) is 16.8. The number of ketones is 1. The van der Waals surface area contributed by atoms with Crippen LogP contribution in [-0.2, 0) is 20.8 Å². The first-order valence-electron chi connectivity index (χ1n) is 26.4. The van der Waals surface area contributed by atoms with Gasteiger partial charge in [0, 0.05) is 58.6 Å². The maximum atomic E-state index is 14.1. The van der Waals surface area contributed by atoms with Crippen molar-refractivity contribution in [1.29, 1.82) is 0 Å². The Morgan fingerprint density at radius 1 is 0.893 bits per heavy atom. The van der Waals surface area contributed by atoms with E-state index >= 15 is 0 Å². The Kier molecular flexibility index (Phi) is 18.4. The molecule has 2 aromatic heterocycles. The Morgan fingerprint density at radius 2 is 1.59 bits per heavy atom. The van der Waals surface area contributed by atoms with E-state index in [0.29, 0.717) is 48.8 Å². The SMILES string of the molecule is CCN(CCOc1ccc(C(=O)c2c(-c3ccc(O)cc3)sc3cc(O)ccc23)cc1)CCC1CCN(CCCC(=O)N[C@H](C(=O)N2C[C@@H](O)C[C@H]2C(=O)NCCc2ccc(-c3scnc3C)cc2)C(C)(C)C)CC1. The number of amides is 3. The molecule has 0 bridgehead atoms. The predicted octanol–water partition coefficient (Wildman–Crippen LogP) is 9.08. The molecule has 6 aromatic rings. The van der Waals surface area contributed by atoms with Gasteiger partial charge in [0.25, 0.3) is 0 Å². The number of carbonyl (C=O) groups excluding carboxylic acids is 4. The fourth-order valence-electron chi connectivity index (χ4n) is 10.2. The Morgan fingerprint density at radius 3 is 2.27 bits per heavy atom. The minimum atomic E-state index is -0.856. The average Bonchev–Trinajstić information content (AvgIpc) is 4.13. The number of β-amino-alcohol motifs (C(OH)–C–C–N with tert-alkyl or cyclic N) is 1. The third-order valence-electron chi connectivity index (χ3n) is 14.7. The first-order chi connectivity index (χ1) is 36.0. The predicted molar refractivity (Wildman–Crippen MR) is 298 cm³/mol. The summed E-state index contributed by atoms with van der Waals surface area (Å²) < 4.78 is 6.96. The number of thiophene rings is 1. The van der Waals surface area contributed by atoms with Crippen molar-refractivity contribution in [2.24, 2.45) is 11.3 Å². The number of likely N-dealkylation sites (tertiary alicyclic amines) is 2. The number of fused-ring (bicyclic) bond motifs is 1. The molecule has 4 aromatic carbocycles. The van der Waals surface area contributed by atoms with Crippen molar-refractivity contribution in [1.82, 2.24) is 30.3 Å². The van der Waals surface area contributed by atoms with E-state index in [2.05, 4.69) is 56.6 Å². The molecule has 2 aliphatic rings. The number of nitrogens with one attached hydrogen (secondary N) is 2. The zero-order valence-electron chi connectivity index (χ0n) is 43.8. The van der Waals surface area contributed by atoms with E-state index in [1.165, 1.54) is 16.2 Å². The van der Waals surface area contributed by atoms with Crippen LogP contribution in [0, 0.1) is 18.3 Å². The molecule has 3 amide bonds. The van der Waals surface area contributed by atoms with Gasteiger partial charge in [0.2, 0.25) is 17.7 Å². The molecule has 2 saturated heterocycles. The normalized spacial score (nSPS) is 16.9. The number of ether oxygens (including phenoxy) is 1. The van der Waals surface area contributed by atoms with Crippen molar-refractivity contribution in [2.75, 3.05) is 59.0 Å². The molecule has 2 aliphatic heterocycles. The Bertz CT molecular complexity index is 2890. The summed E-state index contributed by atoms with van der Waals surface area (Å²) >= 11 is 3.04. The summed E-state index contributed by atoms with van der Waals surface area (Å²) in [4.78, 5) is 67.6. The maximum absolute atomic E-state index is 14.1. The van der Waals surface area contributed by atoms with Crippen LogP contribution in [0.5, 0.6) is 17.2 Å². The van der Waals surface area contributed by atoms with Gasteiger partial charge in [-0.15, -0.1) is 22.7 Å². The van der Waals surface area contributed by atoms with Gasteiger partial charge in [-0.05, 0) is 167 Å². The van der Waals surface area contributed by atoms with E-state index in [1.807, 2.05) is 45.3 Å². The van der Waals surface area contributed by atoms with Crippen LogP contribution in [0.4, 0.5) is 0 Å². The van der Waals surface area contributed by atoms with Crippen LogP contribution in [0.2, 0.25) is 0 Å². The topological polar surface area (TPSA) is 185 Å². The Hall–Kier alpha value is -6.17. The lowest BCUT2D eigenvalue weighted by atomic mass is 9.85. The van der Waals surface area contributed by atoms with E-state index in [1.54, 1.807) is 65.9 Å². The van der Waals surface area contributed by atoms with Gasteiger partial charge in [0.05, 0.1) is 22.2 Å². The Balaban J connectivity index is 0.728. The molecule has 0 saturated carbocycles. The number of rotatable bonds is 22. The highest BCUT2D eigenvalue weighted by Gasteiger charge is 2.44. The molecule has 398 valence electrons. The van der Waals surface area contributed by atoms with Crippen molar-refractivity contribution in [3.05, 3.63) is 119 Å². The smallest absolute Gasteiger partial charge is 0.246 e. The van der Waals surface area contributed by atoms with Gasteiger partial charge in [0.15, 0.2) is 5.78 Å². The lowest BCUT2D eigenvalue weighted by Gasteiger charge is -2.35. The largest absolute Gasteiger partial charge is 0.508 e. The summed E-state index contributed by atoms with van der Waals surface area (Å²) in [5.41, 5.74) is 6.31. The number of aromatic nitrogens is 1. The molecule has 2 fully saturated rings. The minimum absolute atomic E-state index is 0.0378. The number of benzene rings is 4. The number of nitrogens with zero attached hydrogens (tertiary/aromatic N) is 4. The highest BCUT2D eigenvalue weighted by atomic mass is 32.1. The quantitative estimate of drug-likeness (QED) is 0.0409. The summed E-state index contributed by atoms with van der Waals surface area (Å²) in [6, 6.07) is 25.6. The fourth-order valence-corrected chi connectivity index (χ4v) is 12.3. The number of thiazole rings is 1. The van der Waals surface area contributed by atoms with Crippen molar-refractivity contribution < 1.29 is 39.2 Å². The number of likely N-dealkylation sites (N-methyl/N-ethyl adjacent to an activating group) is 1. The van der Waals surface area contributed by atoms with E-state index in [4.69, 9.17) is 4.74 Å². The third kappa shape index (κ3) is 14.2. The maximum Gasteiger partial charge on any atom is 0.246 e. The van der Waals surface area contributed by atoms with Crippen LogP contribution in [0.15, 0.2) is 96.5 Å². The zero-order valence-corrected chi connectivity index (χ0v) is 45.5. The van der Waals surface area contributed by atoms with E-state index in [9.17, 15) is 34.5 Å². The number of hydrogen-bond acceptors (Lipinski definition) is 13. The molecule has 75 heavy (non-hydrogen) atoms. The minimum Gasteiger partial charge on any atom is -0.508 e. The molecule has 0 spiro atoms. The second-order valence-corrected chi connectivity index (χ2v) is 23.0. The molecule has 0 unspecified atom stereocenters. The molecule has 0 radical (unpaired) electrons. The van der Waals surface area contributed by atoms with Gasteiger partial charge < -0.3 is 45.4 Å². The van der Waals surface area contributed by atoms with Gasteiger partial charge in [-0.25, -0.2) is 4.98 Å². The molecule has 14 nitrogen and oxygen atoms in total. The molecule has 4 heterocycles. The summed E-state index contributed by atoms with van der Waals surface area (Å²) in [5, 5.41) is 37.4. The summed E-state index contributed by atoms with van der Waals surface area (Å²) in [6.45, 7) is 16.3. The molecule has 5 N–H and O–H groups in total. The van der Waals surface area contributed by atoms with Crippen LogP contribution >= 0.6 is 22.7 Å². The summed E-state index contributed by atoms with van der Waals surface area (Å²) in [7, 11) is 0. The monoisotopic (exact) mass is 1060 g/mol. The number of phenolic OH excluding ortho intramolecular Hbond substituents is 2. The molecule has 0 aliphatic carbocycles. The molecular weight excluding hydrogens is 985 g/mol. The summed E-state index contributed by atoms with van der Waals surface area (Å²) in [6.07, 6.45) is 4.20. The van der Waals surface area contributed by atoms with Crippen molar-refractivity contribution >= 4 is 56.3 Å². The van der Waals surface area contributed by atoms with Gasteiger partial charge in [-0.2, -0.15) is 0 Å². The standard InChI is InChI=1S/C59H72N6O8S2/c1-6-63(32-33-73-47-20-15-41(16-21-47)53(70)52-48-22-19-45(67)35-50(48)75-55(52)43-13-17-44(66)18-14-43)29-24-40-25-30-64(31-26-40)28-7-8-51(69)62-56(59(3,4)5)58(72)65-36-46(68)34-49(65)57(71)60-27-23-39-9-11-42(12-10-39)54-38(2)61-37-74-54/h9-22,35,37,40,46,49,56,66-68H,6-8,23-34,36H2,1-5H3,(H,60,71)(H,62,69)/t46-,49-,56+/m0/s1. The number of aliphatic hydroxyl groups excluding tert-OH is 1. The average molecular weight is 1060 g/mol. The molecule has 8 rings (SSSR count). The second kappa shape index (κ2) is 25.1. The number of phenols is 2. The van der Waals surface area contributed by atoms with Crippen LogP contribution in [0.25, 0.3) is 31.0 Å². The van der Waals surface area contributed by atoms with E-state index in [0.717, 1.165) is 101 Å². The number of piperidine rings is 1. The van der Waals surface area contributed by atoms with Gasteiger partial charge in [-0.3, -0.25) is 19.2 Å². The molecule has 16 heteroatoms. The van der Waals surface area contributed by atoms with E-state index in [-0.39, 0.29) is 54.4 Å². The van der Waals surface area contributed by atoms with Crippen molar-refractivity contribution in [3.8, 4) is 38.1 Å². The lowest BCUT2D eigenvalue weighted by Crippen LogP contribution is -2.57. The number of aryl methyl sites for hydroxylation is 1. The first kappa shape index (κ1) is 55.1. The molecular formula is C59H72N6O8S2.